The number of nitrogens with one attached hydrogen (secondary N) is 1. The zero-order valence-electron chi connectivity index (χ0n) is 17.1. The molecular weight excluding hydrogens is 352 g/mol. The normalized spacial score (nSPS) is 18.4. The zero-order valence-corrected chi connectivity index (χ0v) is 17.1. The fraction of sp³-hybridized carbons (Fsp3) is 0.609. The van der Waals surface area contributed by atoms with E-state index in [1.807, 2.05) is 31.2 Å². The standard InChI is InChI=1S/C23H34N2O3/c1-2-27-21-10-6-7-11-22(21)28-20-13-16-25(17-14-20)18-23(26)24-15-12-19-8-4-3-5-9-19/h6-8,10-11,20H,2-5,9,12-18H2,1H3,(H,24,26). The molecule has 0 spiro atoms. The van der Waals surface area contributed by atoms with Crippen LogP contribution in [0.15, 0.2) is 35.9 Å². The van der Waals surface area contributed by atoms with Crippen LogP contribution in [0.25, 0.3) is 0 Å². The molecule has 1 aromatic carbocycles. The number of amides is 1. The third-order valence-electron chi connectivity index (χ3n) is 5.50. The summed E-state index contributed by atoms with van der Waals surface area (Å²) >= 11 is 0. The van der Waals surface area contributed by atoms with Gasteiger partial charge in [-0.15, -0.1) is 0 Å². The number of likely N-dealkylation sites (tertiary alicyclic amines) is 1. The highest BCUT2D eigenvalue weighted by Crippen LogP contribution is 2.29. The molecule has 0 unspecified atom stereocenters. The second-order valence-corrected chi connectivity index (χ2v) is 7.68. The second-order valence-electron chi connectivity index (χ2n) is 7.68. The summed E-state index contributed by atoms with van der Waals surface area (Å²) in [7, 11) is 0. The van der Waals surface area contributed by atoms with E-state index in [9.17, 15) is 4.79 Å². The Morgan fingerprint density at radius 3 is 2.68 bits per heavy atom. The molecule has 2 aliphatic rings. The minimum atomic E-state index is 0.137. The first-order valence-corrected chi connectivity index (χ1v) is 10.8. The summed E-state index contributed by atoms with van der Waals surface area (Å²) < 4.78 is 11.8. The fourth-order valence-electron chi connectivity index (χ4n) is 3.94. The highest BCUT2D eigenvalue weighted by atomic mass is 16.5. The number of para-hydroxylation sites is 2. The van der Waals surface area contributed by atoms with E-state index in [-0.39, 0.29) is 12.0 Å². The number of piperidine rings is 1. The molecule has 0 radical (unpaired) electrons. The van der Waals surface area contributed by atoms with E-state index in [4.69, 9.17) is 9.47 Å². The van der Waals surface area contributed by atoms with Crippen LogP contribution in [0.1, 0.15) is 51.9 Å². The summed E-state index contributed by atoms with van der Waals surface area (Å²) in [5, 5.41) is 3.08. The van der Waals surface area contributed by atoms with Gasteiger partial charge in [0, 0.05) is 19.6 Å². The Kier molecular flexibility index (Phi) is 8.22. The number of rotatable bonds is 9. The maximum absolute atomic E-state index is 12.2. The Labute approximate surface area is 169 Å². The van der Waals surface area contributed by atoms with Gasteiger partial charge in [0.25, 0.3) is 0 Å². The van der Waals surface area contributed by atoms with Gasteiger partial charge in [0.2, 0.25) is 5.91 Å². The molecule has 28 heavy (non-hydrogen) atoms. The van der Waals surface area contributed by atoms with Gasteiger partial charge in [-0.3, -0.25) is 9.69 Å². The Bertz CT molecular complexity index is 651. The molecule has 0 atom stereocenters. The predicted octanol–water partition coefficient (Wildman–Crippen LogP) is 3.94. The lowest BCUT2D eigenvalue weighted by molar-refractivity contribution is -0.122. The minimum absolute atomic E-state index is 0.137. The molecule has 5 nitrogen and oxygen atoms in total. The maximum atomic E-state index is 12.2. The van der Waals surface area contributed by atoms with Crippen LogP contribution in [-0.2, 0) is 4.79 Å². The molecule has 0 bridgehead atoms. The Morgan fingerprint density at radius 1 is 1.18 bits per heavy atom. The topological polar surface area (TPSA) is 50.8 Å². The Balaban J connectivity index is 1.34. The number of hydrogen-bond donors (Lipinski definition) is 1. The van der Waals surface area contributed by atoms with Gasteiger partial charge in [-0.25, -0.2) is 0 Å². The smallest absolute Gasteiger partial charge is 0.234 e. The summed E-state index contributed by atoms with van der Waals surface area (Å²) in [4.78, 5) is 14.4. The first-order valence-electron chi connectivity index (χ1n) is 10.8. The van der Waals surface area contributed by atoms with Crippen molar-refractivity contribution < 1.29 is 14.3 Å². The summed E-state index contributed by atoms with van der Waals surface area (Å²) in [6, 6.07) is 7.85. The molecule has 1 saturated heterocycles. The Hall–Kier alpha value is -2.01. The van der Waals surface area contributed by atoms with E-state index in [2.05, 4.69) is 16.3 Å². The molecule has 1 N–H and O–H groups in total. The molecule has 3 rings (SSSR count). The fourth-order valence-corrected chi connectivity index (χ4v) is 3.94. The average Bonchev–Trinajstić information content (AvgIpc) is 2.72. The van der Waals surface area contributed by atoms with Gasteiger partial charge in [-0.05, 0) is 64.0 Å². The molecule has 1 amide bonds. The summed E-state index contributed by atoms with van der Waals surface area (Å²) in [6.07, 6.45) is 10.4. The van der Waals surface area contributed by atoms with Crippen LogP contribution < -0.4 is 14.8 Å². The first kappa shape index (κ1) is 20.7. The molecule has 1 aliphatic carbocycles. The SMILES string of the molecule is CCOc1ccccc1OC1CCN(CC(=O)NCCC2=CCCCC2)CC1. The largest absolute Gasteiger partial charge is 0.490 e. The molecular formula is C23H34N2O3. The van der Waals surface area contributed by atoms with Gasteiger partial charge in [-0.2, -0.15) is 0 Å². The third kappa shape index (κ3) is 6.55. The molecule has 1 heterocycles. The van der Waals surface area contributed by atoms with Crippen molar-refractivity contribution in [3.8, 4) is 11.5 Å². The van der Waals surface area contributed by atoms with E-state index in [0.29, 0.717) is 13.2 Å². The van der Waals surface area contributed by atoms with E-state index in [0.717, 1.165) is 50.4 Å². The lowest BCUT2D eigenvalue weighted by atomic mass is 9.97. The monoisotopic (exact) mass is 386 g/mol. The van der Waals surface area contributed by atoms with Crippen LogP contribution in [0.4, 0.5) is 0 Å². The van der Waals surface area contributed by atoms with Crippen LogP contribution in [0.5, 0.6) is 11.5 Å². The van der Waals surface area contributed by atoms with Crippen molar-refractivity contribution in [1.82, 2.24) is 10.2 Å². The molecule has 1 aromatic rings. The summed E-state index contributed by atoms with van der Waals surface area (Å²) in [6.45, 7) is 5.64. The van der Waals surface area contributed by atoms with E-state index in [1.54, 1.807) is 0 Å². The van der Waals surface area contributed by atoms with Crippen LogP contribution >= 0.6 is 0 Å². The second kappa shape index (κ2) is 11.1. The van der Waals surface area contributed by atoms with Crippen molar-refractivity contribution in [2.24, 2.45) is 0 Å². The van der Waals surface area contributed by atoms with Gasteiger partial charge in [0.15, 0.2) is 11.5 Å². The van der Waals surface area contributed by atoms with Gasteiger partial charge in [0.05, 0.1) is 13.2 Å². The van der Waals surface area contributed by atoms with Crippen LogP contribution in [0.2, 0.25) is 0 Å². The Morgan fingerprint density at radius 2 is 1.96 bits per heavy atom. The molecule has 0 saturated carbocycles. The lowest BCUT2D eigenvalue weighted by Gasteiger charge is -2.32. The maximum Gasteiger partial charge on any atom is 0.234 e. The van der Waals surface area contributed by atoms with Gasteiger partial charge < -0.3 is 14.8 Å². The van der Waals surface area contributed by atoms with Gasteiger partial charge in [0.1, 0.15) is 6.10 Å². The highest BCUT2D eigenvalue weighted by Gasteiger charge is 2.23. The van der Waals surface area contributed by atoms with E-state index >= 15 is 0 Å². The minimum Gasteiger partial charge on any atom is -0.490 e. The van der Waals surface area contributed by atoms with Crippen molar-refractivity contribution in [3.05, 3.63) is 35.9 Å². The summed E-state index contributed by atoms with van der Waals surface area (Å²) in [5.74, 6) is 1.76. The molecule has 1 aliphatic heterocycles. The van der Waals surface area contributed by atoms with Crippen molar-refractivity contribution in [1.29, 1.82) is 0 Å². The number of carbonyl (C=O) groups is 1. The molecule has 0 aromatic heterocycles. The predicted molar refractivity (Wildman–Crippen MR) is 112 cm³/mol. The highest BCUT2D eigenvalue weighted by molar-refractivity contribution is 5.78. The number of ether oxygens (including phenoxy) is 2. The zero-order chi connectivity index (χ0) is 19.6. The average molecular weight is 387 g/mol. The van der Waals surface area contributed by atoms with Gasteiger partial charge in [-0.1, -0.05) is 23.8 Å². The molecule has 5 heteroatoms. The van der Waals surface area contributed by atoms with Gasteiger partial charge >= 0.3 is 0 Å². The van der Waals surface area contributed by atoms with Crippen molar-refractivity contribution in [2.45, 2.75) is 58.0 Å². The quantitative estimate of drug-likeness (QED) is 0.653. The van der Waals surface area contributed by atoms with E-state index < -0.39 is 0 Å². The van der Waals surface area contributed by atoms with Crippen molar-refractivity contribution in [3.63, 3.8) is 0 Å². The third-order valence-corrected chi connectivity index (χ3v) is 5.50. The molecule has 1 fully saturated rings. The summed E-state index contributed by atoms with van der Waals surface area (Å²) in [5.41, 5.74) is 1.51. The van der Waals surface area contributed by atoms with Crippen LogP contribution in [0.3, 0.4) is 0 Å². The number of benzene rings is 1. The number of allylic oxidation sites excluding steroid dienone is 1. The van der Waals surface area contributed by atoms with Crippen LogP contribution in [0, 0.1) is 0 Å². The van der Waals surface area contributed by atoms with Crippen molar-refractivity contribution >= 4 is 5.91 Å². The first-order chi connectivity index (χ1) is 13.7. The number of hydrogen-bond acceptors (Lipinski definition) is 4. The lowest BCUT2D eigenvalue weighted by Crippen LogP contribution is -2.44. The van der Waals surface area contributed by atoms with Crippen molar-refractivity contribution in [2.75, 3.05) is 32.8 Å². The molecule has 154 valence electrons. The van der Waals surface area contributed by atoms with E-state index in [1.165, 1.54) is 31.3 Å². The van der Waals surface area contributed by atoms with Crippen LogP contribution in [-0.4, -0.2) is 49.7 Å². The number of carbonyl (C=O) groups excluding carboxylic acids is 1. The number of nitrogens with zero attached hydrogens (tertiary/aromatic N) is 1.